The third-order valence-electron chi connectivity index (χ3n) is 1.73. The summed E-state index contributed by atoms with van der Waals surface area (Å²) in [4.78, 5) is 0. The van der Waals surface area contributed by atoms with Crippen molar-refractivity contribution in [3.8, 4) is 6.07 Å². The lowest BCUT2D eigenvalue weighted by molar-refractivity contribution is 0.504. The highest BCUT2D eigenvalue weighted by molar-refractivity contribution is 5.85. The standard InChI is InChI=1S/C9H7F3N2.ClH/c10-5-3-6(11)9(7(12)4-5)8(14)1-2-13;/h3-4,8H,1,14H2;1H/t8-;/m0./s1. The van der Waals surface area contributed by atoms with Gasteiger partial charge in [-0.1, -0.05) is 0 Å². The van der Waals surface area contributed by atoms with E-state index in [9.17, 15) is 13.2 Å². The van der Waals surface area contributed by atoms with Crippen molar-refractivity contribution in [1.29, 1.82) is 5.26 Å². The first-order chi connectivity index (χ1) is 6.56. The summed E-state index contributed by atoms with van der Waals surface area (Å²) < 4.78 is 38.5. The van der Waals surface area contributed by atoms with Gasteiger partial charge in [0.25, 0.3) is 0 Å². The van der Waals surface area contributed by atoms with Gasteiger partial charge in [0.2, 0.25) is 0 Å². The Labute approximate surface area is 90.9 Å². The molecule has 0 saturated heterocycles. The molecule has 82 valence electrons. The molecule has 0 aliphatic heterocycles. The number of halogens is 4. The van der Waals surface area contributed by atoms with Crippen molar-refractivity contribution in [2.75, 3.05) is 0 Å². The fraction of sp³-hybridized carbons (Fsp3) is 0.222. The molecule has 0 radical (unpaired) electrons. The van der Waals surface area contributed by atoms with Gasteiger partial charge in [0.15, 0.2) is 0 Å². The lowest BCUT2D eigenvalue weighted by Crippen LogP contribution is -2.13. The molecule has 2 N–H and O–H groups in total. The molecule has 0 unspecified atom stereocenters. The SMILES string of the molecule is Cl.N#CC[C@H](N)c1c(F)cc(F)cc1F. The molecule has 0 aliphatic rings. The van der Waals surface area contributed by atoms with Crippen molar-refractivity contribution in [2.45, 2.75) is 12.5 Å². The second-order valence-electron chi connectivity index (χ2n) is 2.75. The van der Waals surface area contributed by atoms with Crippen LogP contribution in [0, 0.1) is 28.8 Å². The number of nitriles is 1. The molecule has 1 rings (SSSR count). The first-order valence-electron chi connectivity index (χ1n) is 3.83. The van der Waals surface area contributed by atoms with Gasteiger partial charge in [0, 0.05) is 23.7 Å². The van der Waals surface area contributed by atoms with E-state index in [0.717, 1.165) is 0 Å². The summed E-state index contributed by atoms with van der Waals surface area (Å²) in [7, 11) is 0. The van der Waals surface area contributed by atoms with Gasteiger partial charge in [0.05, 0.1) is 12.5 Å². The van der Waals surface area contributed by atoms with Crippen LogP contribution in [0.3, 0.4) is 0 Å². The molecule has 1 atom stereocenters. The number of hydrogen-bond acceptors (Lipinski definition) is 2. The van der Waals surface area contributed by atoms with Crippen LogP contribution in [0.2, 0.25) is 0 Å². The van der Waals surface area contributed by atoms with Gasteiger partial charge in [-0.3, -0.25) is 0 Å². The van der Waals surface area contributed by atoms with Crippen molar-refractivity contribution >= 4 is 12.4 Å². The summed E-state index contributed by atoms with van der Waals surface area (Å²) in [5.74, 6) is -3.14. The van der Waals surface area contributed by atoms with Crippen LogP contribution in [0.1, 0.15) is 18.0 Å². The molecule has 6 heteroatoms. The number of nitrogens with zero attached hydrogens (tertiary/aromatic N) is 1. The Morgan fingerprint density at radius 2 is 1.73 bits per heavy atom. The van der Waals surface area contributed by atoms with Crippen LogP contribution >= 0.6 is 12.4 Å². The Morgan fingerprint density at radius 3 is 2.13 bits per heavy atom. The fourth-order valence-electron chi connectivity index (χ4n) is 1.11. The maximum Gasteiger partial charge on any atom is 0.133 e. The summed E-state index contributed by atoms with van der Waals surface area (Å²) in [6, 6.07) is 1.69. The first-order valence-corrected chi connectivity index (χ1v) is 3.83. The largest absolute Gasteiger partial charge is 0.323 e. The van der Waals surface area contributed by atoms with Gasteiger partial charge in [-0.2, -0.15) is 5.26 Å². The minimum Gasteiger partial charge on any atom is -0.323 e. The van der Waals surface area contributed by atoms with Crippen LogP contribution in [0.15, 0.2) is 12.1 Å². The van der Waals surface area contributed by atoms with E-state index >= 15 is 0 Å². The van der Waals surface area contributed by atoms with Gasteiger partial charge in [0.1, 0.15) is 17.5 Å². The minimum absolute atomic E-state index is 0. The maximum absolute atomic E-state index is 13.0. The molecule has 15 heavy (non-hydrogen) atoms. The quantitative estimate of drug-likeness (QED) is 0.857. The monoisotopic (exact) mass is 236 g/mol. The van der Waals surface area contributed by atoms with Crippen LogP contribution in [0.5, 0.6) is 0 Å². The van der Waals surface area contributed by atoms with E-state index in [0.29, 0.717) is 12.1 Å². The summed E-state index contributed by atoms with van der Waals surface area (Å²) in [5, 5.41) is 8.29. The van der Waals surface area contributed by atoms with E-state index in [1.54, 1.807) is 6.07 Å². The van der Waals surface area contributed by atoms with E-state index in [1.807, 2.05) is 0 Å². The average molecular weight is 237 g/mol. The Bertz CT molecular complexity index is 366. The van der Waals surface area contributed by atoms with Crippen molar-refractivity contribution in [2.24, 2.45) is 5.73 Å². The van der Waals surface area contributed by atoms with Crippen molar-refractivity contribution in [3.63, 3.8) is 0 Å². The molecule has 0 saturated carbocycles. The molecule has 0 spiro atoms. The van der Waals surface area contributed by atoms with Crippen LogP contribution in [0.25, 0.3) is 0 Å². The lowest BCUT2D eigenvalue weighted by Gasteiger charge is -2.10. The summed E-state index contributed by atoms with van der Waals surface area (Å²) in [6.45, 7) is 0. The number of benzene rings is 1. The third-order valence-corrected chi connectivity index (χ3v) is 1.73. The Hall–Kier alpha value is -1.25. The van der Waals surface area contributed by atoms with Crippen LogP contribution in [-0.2, 0) is 0 Å². The zero-order valence-corrected chi connectivity index (χ0v) is 8.32. The highest BCUT2D eigenvalue weighted by Crippen LogP contribution is 2.22. The molecule has 0 fully saturated rings. The summed E-state index contributed by atoms with van der Waals surface area (Å²) in [5.41, 5.74) is 4.88. The molecule has 0 amide bonds. The van der Waals surface area contributed by atoms with Gasteiger partial charge >= 0.3 is 0 Å². The van der Waals surface area contributed by atoms with E-state index in [-0.39, 0.29) is 18.8 Å². The summed E-state index contributed by atoms with van der Waals surface area (Å²) >= 11 is 0. The topological polar surface area (TPSA) is 49.8 Å². The molecular weight excluding hydrogens is 229 g/mol. The molecule has 2 nitrogen and oxygen atoms in total. The maximum atomic E-state index is 13.0. The highest BCUT2D eigenvalue weighted by Gasteiger charge is 2.17. The average Bonchev–Trinajstić information content (AvgIpc) is 2.01. The van der Waals surface area contributed by atoms with Gasteiger partial charge in [-0.05, 0) is 0 Å². The molecular formula is C9H8ClF3N2. The molecule has 1 aromatic rings. The summed E-state index contributed by atoms with van der Waals surface area (Å²) in [6.07, 6.45) is -0.223. The Morgan fingerprint density at radius 1 is 1.27 bits per heavy atom. The zero-order valence-electron chi connectivity index (χ0n) is 7.51. The molecule has 0 aliphatic carbocycles. The Kier molecular flexibility index (Phi) is 5.12. The second-order valence-corrected chi connectivity index (χ2v) is 2.75. The van der Waals surface area contributed by atoms with Crippen molar-refractivity contribution in [1.82, 2.24) is 0 Å². The van der Waals surface area contributed by atoms with E-state index in [2.05, 4.69) is 0 Å². The number of hydrogen-bond donors (Lipinski definition) is 1. The highest BCUT2D eigenvalue weighted by atomic mass is 35.5. The third kappa shape index (κ3) is 3.11. The molecule has 0 bridgehead atoms. The van der Waals surface area contributed by atoms with Gasteiger partial charge in [-0.15, -0.1) is 12.4 Å². The van der Waals surface area contributed by atoms with Gasteiger partial charge in [-0.25, -0.2) is 13.2 Å². The molecule has 0 heterocycles. The normalized spacial score (nSPS) is 11.4. The predicted octanol–water partition coefficient (Wildman–Crippen LogP) is 2.44. The second kappa shape index (κ2) is 5.59. The van der Waals surface area contributed by atoms with Crippen LogP contribution in [-0.4, -0.2) is 0 Å². The minimum atomic E-state index is -1.07. The number of nitrogens with two attached hydrogens (primary N) is 1. The van der Waals surface area contributed by atoms with E-state index in [4.69, 9.17) is 11.0 Å². The van der Waals surface area contributed by atoms with Gasteiger partial charge < -0.3 is 5.73 Å². The fourth-order valence-corrected chi connectivity index (χ4v) is 1.11. The van der Waals surface area contributed by atoms with Crippen LogP contribution in [0.4, 0.5) is 13.2 Å². The zero-order chi connectivity index (χ0) is 10.7. The van der Waals surface area contributed by atoms with E-state index in [1.165, 1.54) is 0 Å². The van der Waals surface area contributed by atoms with Crippen molar-refractivity contribution < 1.29 is 13.2 Å². The molecule has 0 aromatic heterocycles. The first kappa shape index (κ1) is 13.8. The van der Waals surface area contributed by atoms with Crippen molar-refractivity contribution in [3.05, 3.63) is 35.1 Å². The molecule has 1 aromatic carbocycles. The smallest absolute Gasteiger partial charge is 0.133 e. The number of rotatable bonds is 2. The van der Waals surface area contributed by atoms with Crippen LogP contribution < -0.4 is 5.73 Å². The van der Waals surface area contributed by atoms with E-state index < -0.39 is 29.1 Å². The predicted molar refractivity (Wildman–Crippen MR) is 50.7 cm³/mol. The lowest BCUT2D eigenvalue weighted by atomic mass is 10.0. The Balaban J connectivity index is 0.00000196.